The zero-order valence-electron chi connectivity index (χ0n) is 19.9. The van der Waals surface area contributed by atoms with Crippen molar-refractivity contribution in [1.82, 2.24) is 4.90 Å². The molecule has 0 spiro atoms. The summed E-state index contributed by atoms with van der Waals surface area (Å²) in [5.74, 6) is 0.290. The quantitative estimate of drug-likeness (QED) is 0.420. The van der Waals surface area contributed by atoms with Crippen molar-refractivity contribution in [3.8, 4) is 5.75 Å². The lowest BCUT2D eigenvalue weighted by Gasteiger charge is -2.12. The van der Waals surface area contributed by atoms with E-state index in [1.165, 1.54) is 11.8 Å². The highest BCUT2D eigenvalue weighted by Gasteiger charge is 2.32. The second-order valence-corrected chi connectivity index (χ2v) is 9.13. The molecule has 1 fully saturated rings. The van der Waals surface area contributed by atoms with E-state index in [-0.39, 0.29) is 18.4 Å². The highest BCUT2D eigenvalue weighted by molar-refractivity contribution is 8.18. The van der Waals surface area contributed by atoms with Gasteiger partial charge in [0.15, 0.2) is 11.8 Å². The first-order valence-electron chi connectivity index (χ1n) is 11.4. The van der Waals surface area contributed by atoms with Crippen LogP contribution in [0.1, 0.15) is 23.6 Å². The van der Waals surface area contributed by atoms with Crippen LogP contribution in [-0.4, -0.2) is 35.0 Å². The summed E-state index contributed by atoms with van der Waals surface area (Å²) in [7, 11) is 0. The van der Waals surface area contributed by atoms with E-state index in [9.17, 15) is 9.59 Å². The highest BCUT2D eigenvalue weighted by Crippen LogP contribution is 2.35. The van der Waals surface area contributed by atoms with Crippen LogP contribution in [0.4, 0.5) is 11.4 Å². The van der Waals surface area contributed by atoms with Crippen LogP contribution in [0.15, 0.2) is 82.7 Å². The van der Waals surface area contributed by atoms with Gasteiger partial charge >= 0.3 is 0 Å². The summed E-state index contributed by atoms with van der Waals surface area (Å²) in [5.41, 5.74) is 4.66. The van der Waals surface area contributed by atoms with Crippen molar-refractivity contribution in [3.63, 3.8) is 0 Å². The Balaban J connectivity index is 1.42. The van der Waals surface area contributed by atoms with Crippen molar-refractivity contribution in [2.24, 2.45) is 4.99 Å². The van der Waals surface area contributed by atoms with E-state index < -0.39 is 0 Å². The number of ether oxygens (including phenoxy) is 1. The highest BCUT2D eigenvalue weighted by atomic mass is 32.2. The van der Waals surface area contributed by atoms with Crippen LogP contribution in [0, 0.1) is 13.8 Å². The zero-order valence-corrected chi connectivity index (χ0v) is 20.8. The van der Waals surface area contributed by atoms with E-state index in [0.29, 0.717) is 22.4 Å². The molecule has 1 saturated heterocycles. The molecule has 35 heavy (non-hydrogen) atoms. The van der Waals surface area contributed by atoms with Crippen LogP contribution < -0.4 is 10.1 Å². The lowest BCUT2D eigenvalue weighted by atomic mass is 10.1. The summed E-state index contributed by atoms with van der Waals surface area (Å²) in [6.45, 7) is 6.45. The largest absolute Gasteiger partial charge is 0.484 e. The Morgan fingerprint density at radius 3 is 2.51 bits per heavy atom. The van der Waals surface area contributed by atoms with Gasteiger partial charge in [-0.15, -0.1) is 0 Å². The van der Waals surface area contributed by atoms with Gasteiger partial charge < -0.3 is 10.1 Å². The van der Waals surface area contributed by atoms with Gasteiger partial charge in [-0.05, 0) is 85.6 Å². The third kappa shape index (κ3) is 6.19. The molecule has 1 aliphatic rings. The summed E-state index contributed by atoms with van der Waals surface area (Å²) in [5, 5.41) is 3.47. The Kier molecular flexibility index (Phi) is 7.67. The fourth-order valence-electron chi connectivity index (χ4n) is 3.49. The molecule has 0 atom stereocenters. The first-order valence-corrected chi connectivity index (χ1v) is 12.2. The summed E-state index contributed by atoms with van der Waals surface area (Å²) in [6.07, 6.45) is 1.85. The number of aryl methyl sites for hydroxylation is 2. The van der Waals surface area contributed by atoms with Crippen LogP contribution in [0.5, 0.6) is 5.75 Å². The minimum Gasteiger partial charge on any atom is -0.484 e. The third-order valence-electron chi connectivity index (χ3n) is 5.39. The molecule has 0 radical (unpaired) electrons. The van der Waals surface area contributed by atoms with Gasteiger partial charge in [0.2, 0.25) is 0 Å². The molecular weight excluding hydrogens is 458 g/mol. The number of thioether (sulfide) groups is 1. The van der Waals surface area contributed by atoms with Gasteiger partial charge in [-0.25, -0.2) is 4.99 Å². The maximum atomic E-state index is 13.0. The average molecular weight is 486 g/mol. The van der Waals surface area contributed by atoms with E-state index in [1.54, 1.807) is 17.0 Å². The third-order valence-corrected chi connectivity index (χ3v) is 6.40. The Morgan fingerprint density at radius 1 is 1.06 bits per heavy atom. The smallest absolute Gasteiger partial charge is 0.266 e. The van der Waals surface area contributed by atoms with Crippen LogP contribution in [0.2, 0.25) is 0 Å². The Morgan fingerprint density at radius 2 is 1.80 bits per heavy atom. The van der Waals surface area contributed by atoms with Crippen LogP contribution in [-0.2, 0) is 9.59 Å². The van der Waals surface area contributed by atoms with E-state index in [4.69, 9.17) is 9.73 Å². The number of hydrogen-bond acceptors (Lipinski definition) is 5. The molecule has 178 valence electrons. The number of nitrogens with zero attached hydrogens (tertiary/aromatic N) is 2. The van der Waals surface area contributed by atoms with Crippen LogP contribution in [0.3, 0.4) is 0 Å². The summed E-state index contributed by atoms with van der Waals surface area (Å²) < 4.78 is 5.59. The van der Waals surface area contributed by atoms with E-state index in [2.05, 4.69) is 11.4 Å². The van der Waals surface area contributed by atoms with Gasteiger partial charge in [-0.3, -0.25) is 14.5 Å². The predicted molar refractivity (Wildman–Crippen MR) is 143 cm³/mol. The molecule has 0 aliphatic carbocycles. The number of rotatable bonds is 7. The van der Waals surface area contributed by atoms with Crippen molar-refractivity contribution < 1.29 is 14.3 Å². The molecular formula is C28H27N3O3S. The molecule has 6 nitrogen and oxygen atoms in total. The number of amides is 2. The second-order valence-electron chi connectivity index (χ2n) is 8.12. The number of anilines is 1. The van der Waals surface area contributed by atoms with Crippen LogP contribution in [0.25, 0.3) is 6.08 Å². The topological polar surface area (TPSA) is 71.0 Å². The van der Waals surface area contributed by atoms with Crippen molar-refractivity contribution in [2.75, 3.05) is 18.5 Å². The maximum Gasteiger partial charge on any atom is 0.266 e. The molecule has 0 unspecified atom stereocenters. The number of carbonyl (C=O) groups excluding carboxylic acids is 2. The zero-order chi connectivity index (χ0) is 24.8. The van der Waals surface area contributed by atoms with Crippen LogP contribution >= 0.6 is 11.8 Å². The summed E-state index contributed by atoms with van der Waals surface area (Å²) in [6, 6.07) is 22.7. The minimum atomic E-state index is -0.231. The minimum absolute atomic E-state index is 0.0561. The Labute approximate surface area is 209 Å². The molecule has 0 saturated carbocycles. The summed E-state index contributed by atoms with van der Waals surface area (Å²) in [4.78, 5) is 32.1. The molecule has 1 aliphatic heterocycles. The lowest BCUT2D eigenvalue weighted by Crippen LogP contribution is -2.28. The monoisotopic (exact) mass is 485 g/mol. The van der Waals surface area contributed by atoms with Crippen molar-refractivity contribution in [1.29, 1.82) is 0 Å². The fourth-order valence-corrected chi connectivity index (χ4v) is 4.55. The molecule has 1 N–H and O–H groups in total. The van der Waals surface area contributed by atoms with Crippen molar-refractivity contribution in [3.05, 3.63) is 94.4 Å². The standard InChI is InChI=1S/C28H27N3O3S/c1-4-31-27(33)25(35-28(31)30-24-16-19(2)10-11-20(24)3)17-21-12-14-23(15-13-21)34-18-26(32)29-22-8-6-5-7-9-22/h5-17H,4,18H2,1-3H3,(H,29,32)/b25-17+,30-28?. The Bertz CT molecular complexity index is 1280. The number of aliphatic imine (C=N–C) groups is 1. The number of carbonyl (C=O) groups is 2. The van der Waals surface area contributed by atoms with E-state index >= 15 is 0 Å². The molecule has 1 heterocycles. The number of amidine groups is 1. The van der Waals surface area contributed by atoms with E-state index in [1.807, 2.05) is 81.4 Å². The van der Waals surface area contributed by atoms with Gasteiger partial charge in [-0.1, -0.05) is 42.5 Å². The summed E-state index contributed by atoms with van der Waals surface area (Å²) >= 11 is 1.38. The number of para-hydroxylation sites is 1. The lowest BCUT2D eigenvalue weighted by molar-refractivity contribution is -0.122. The molecule has 3 aromatic carbocycles. The van der Waals surface area contributed by atoms with Gasteiger partial charge in [-0.2, -0.15) is 0 Å². The molecule has 3 aromatic rings. The van der Waals surface area contributed by atoms with Gasteiger partial charge in [0, 0.05) is 12.2 Å². The number of hydrogen-bond donors (Lipinski definition) is 1. The first kappa shape index (κ1) is 24.3. The molecule has 0 bridgehead atoms. The molecule has 7 heteroatoms. The predicted octanol–water partition coefficient (Wildman–Crippen LogP) is 5.94. The maximum absolute atomic E-state index is 13.0. The molecule has 2 amide bonds. The number of benzene rings is 3. The van der Waals surface area contributed by atoms with Gasteiger partial charge in [0.1, 0.15) is 5.75 Å². The Hall–Kier alpha value is -3.84. The van der Waals surface area contributed by atoms with E-state index in [0.717, 1.165) is 28.1 Å². The second kappa shape index (κ2) is 11.1. The molecule has 4 rings (SSSR count). The van der Waals surface area contributed by atoms with Crippen molar-refractivity contribution >= 4 is 46.2 Å². The van der Waals surface area contributed by atoms with Gasteiger partial charge in [0.05, 0.1) is 10.6 Å². The molecule has 0 aromatic heterocycles. The first-order chi connectivity index (χ1) is 16.9. The number of nitrogens with one attached hydrogen (secondary N) is 1. The average Bonchev–Trinajstić information content (AvgIpc) is 3.15. The number of likely N-dealkylation sites (N-methyl/N-ethyl adjacent to an activating group) is 1. The normalized spacial score (nSPS) is 15.6. The van der Waals surface area contributed by atoms with Crippen molar-refractivity contribution in [2.45, 2.75) is 20.8 Å². The fraction of sp³-hybridized carbons (Fsp3) is 0.179. The SMILES string of the molecule is CCN1C(=O)/C(=C\c2ccc(OCC(=O)Nc3ccccc3)cc2)SC1=Nc1cc(C)ccc1C. The van der Waals surface area contributed by atoms with Gasteiger partial charge in [0.25, 0.3) is 11.8 Å².